The van der Waals surface area contributed by atoms with E-state index in [4.69, 9.17) is 16.3 Å². The molecule has 0 spiro atoms. The van der Waals surface area contributed by atoms with Gasteiger partial charge in [-0.2, -0.15) is 0 Å². The van der Waals surface area contributed by atoms with Crippen molar-refractivity contribution in [1.82, 2.24) is 20.1 Å². The maximum Gasteiger partial charge on any atom is 0.344 e. The van der Waals surface area contributed by atoms with Crippen molar-refractivity contribution in [3.8, 4) is 0 Å². The lowest BCUT2D eigenvalue weighted by Crippen LogP contribution is -2.26. The van der Waals surface area contributed by atoms with Gasteiger partial charge in [0.05, 0.1) is 18.4 Å². The number of hydrogen-bond donors (Lipinski definition) is 2. The van der Waals surface area contributed by atoms with E-state index in [2.05, 4.69) is 15.5 Å². The molecule has 0 radical (unpaired) electrons. The summed E-state index contributed by atoms with van der Waals surface area (Å²) in [7, 11) is 0. The Kier molecular flexibility index (Phi) is 6.17. The molecule has 0 aliphatic carbocycles. The van der Waals surface area contributed by atoms with Crippen molar-refractivity contribution in [2.45, 2.75) is 37.2 Å². The lowest BCUT2D eigenvalue weighted by molar-refractivity contribution is -0.118. The van der Waals surface area contributed by atoms with Gasteiger partial charge in [-0.1, -0.05) is 41.6 Å². The van der Waals surface area contributed by atoms with Gasteiger partial charge >= 0.3 is 5.69 Å². The third-order valence-electron chi connectivity index (χ3n) is 3.90. The van der Waals surface area contributed by atoms with Crippen molar-refractivity contribution >= 4 is 29.3 Å². The van der Waals surface area contributed by atoms with Crippen molar-refractivity contribution in [3.05, 3.63) is 45.3 Å². The standard InChI is InChI=1S/C16H19ClN4O3S/c17-13-6-2-1-4-11(13)8-18-14(22)10-25-16-20-19-15(23)21(16)9-12-5-3-7-24-12/h1-2,4,6,12H,3,5,7-10H2,(H,18,22)(H,19,23)/t12-/m0/s1. The molecular formula is C16H19ClN4O3S. The van der Waals surface area contributed by atoms with E-state index in [1.54, 1.807) is 6.07 Å². The van der Waals surface area contributed by atoms with E-state index in [9.17, 15) is 9.59 Å². The normalized spacial score (nSPS) is 16.9. The highest BCUT2D eigenvalue weighted by Gasteiger charge is 2.20. The first-order valence-electron chi connectivity index (χ1n) is 8.03. The van der Waals surface area contributed by atoms with E-state index in [-0.39, 0.29) is 23.5 Å². The highest BCUT2D eigenvalue weighted by atomic mass is 35.5. The lowest BCUT2D eigenvalue weighted by Gasteiger charge is -2.11. The van der Waals surface area contributed by atoms with E-state index in [0.717, 1.165) is 25.0 Å². The van der Waals surface area contributed by atoms with Crippen molar-refractivity contribution in [2.24, 2.45) is 0 Å². The van der Waals surface area contributed by atoms with Gasteiger partial charge in [-0.05, 0) is 24.5 Å². The fourth-order valence-electron chi connectivity index (χ4n) is 2.58. The number of aromatic nitrogens is 3. The molecule has 2 aromatic rings. The molecule has 1 fully saturated rings. The monoisotopic (exact) mass is 382 g/mol. The number of H-pyrrole nitrogens is 1. The Morgan fingerprint density at radius 3 is 3.08 bits per heavy atom. The minimum Gasteiger partial charge on any atom is -0.376 e. The highest BCUT2D eigenvalue weighted by molar-refractivity contribution is 7.99. The Morgan fingerprint density at radius 2 is 2.32 bits per heavy atom. The van der Waals surface area contributed by atoms with Crippen LogP contribution < -0.4 is 11.0 Å². The number of carbonyl (C=O) groups is 1. The molecule has 7 nitrogen and oxygen atoms in total. The molecule has 0 bridgehead atoms. The third kappa shape index (κ3) is 4.87. The number of hydrogen-bond acceptors (Lipinski definition) is 5. The van der Waals surface area contributed by atoms with Crippen LogP contribution >= 0.6 is 23.4 Å². The Bertz CT molecular complexity index is 786. The second-order valence-corrected chi connectivity index (χ2v) is 7.06. The van der Waals surface area contributed by atoms with Gasteiger partial charge < -0.3 is 10.1 Å². The number of thioether (sulfide) groups is 1. The predicted molar refractivity (Wildman–Crippen MR) is 95.8 cm³/mol. The van der Waals surface area contributed by atoms with Crippen molar-refractivity contribution in [3.63, 3.8) is 0 Å². The maximum atomic E-state index is 12.0. The Balaban J connectivity index is 1.52. The maximum absolute atomic E-state index is 12.0. The van der Waals surface area contributed by atoms with Crippen molar-refractivity contribution < 1.29 is 9.53 Å². The van der Waals surface area contributed by atoms with Crippen LogP contribution in [0.2, 0.25) is 5.02 Å². The largest absolute Gasteiger partial charge is 0.376 e. The number of nitrogens with zero attached hydrogens (tertiary/aromatic N) is 2. The van der Waals surface area contributed by atoms with Gasteiger partial charge in [0, 0.05) is 18.2 Å². The van der Waals surface area contributed by atoms with Gasteiger partial charge in [0.2, 0.25) is 5.91 Å². The summed E-state index contributed by atoms with van der Waals surface area (Å²) in [6.07, 6.45) is 1.97. The number of halogens is 1. The molecule has 25 heavy (non-hydrogen) atoms. The number of ether oxygens (including phenoxy) is 1. The summed E-state index contributed by atoms with van der Waals surface area (Å²) in [6.45, 7) is 1.55. The second kappa shape index (κ2) is 8.55. The summed E-state index contributed by atoms with van der Waals surface area (Å²) in [6, 6.07) is 7.36. The number of carbonyl (C=O) groups excluding carboxylic acids is 1. The van der Waals surface area contributed by atoms with E-state index in [1.165, 1.54) is 16.3 Å². The fourth-order valence-corrected chi connectivity index (χ4v) is 3.57. The van der Waals surface area contributed by atoms with E-state index in [1.807, 2.05) is 18.2 Å². The number of nitrogens with one attached hydrogen (secondary N) is 2. The molecule has 1 atom stereocenters. The quantitative estimate of drug-likeness (QED) is 0.713. The number of aromatic amines is 1. The van der Waals surface area contributed by atoms with Crippen LogP contribution in [0, 0.1) is 0 Å². The molecule has 3 rings (SSSR count). The molecule has 1 aromatic heterocycles. The topological polar surface area (TPSA) is 89.0 Å². The molecule has 1 aromatic carbocycles. The third-order valence-corrected chi connectivity index (χ3v) is 5.24. The van der Waals surface area contributed by atoms with Crippen LogP contribution in [0.1, 0.15) is 18.4 Å². The fraction of sp³-hybridized carbons (Fsp3) is 0.438. The molecule has 9 heteroatoms. The van der Waals surface area contributed by atoms with Crippen LogP contribution in [0.3, 0.4) is 0 Å². The Labute approximate surface area is 154 Å². The number of amides is 1. The van der Waals surface area contributed by atoms with Crippen LogP contribution in [-0.4, -0.2) is 39.1 Å². The predicted octanol–water partition coefficient (Wildman–Crippen LogP) is 1.81. The molecule has 0 unspecified atom stereocenters. The Hall–Kier alpha value is -1.77. The smallest absolute Gasteiger partial charge is 0.344 e. The van der Waals surface area contributed by atoms with Crippen LogP contribution in [0.4, 0.5) is 0 Å². The first kappa shape index (κ1) is 18.0. The minimum atomic E-state index is -0.283. The van der Waals surface area contributed by atoms with E-state index >= 15 is 0 Å². The molecule has 2 heterocycles. The number of benzene rings is 1. The summed E-state index contributed by atoms with van der Waals surface area (Å²) < 4.78 is 7.09. The van der Waals surface area contributed by atoms with Gasteiger partial charge in [0.25, 0.3) is 0 Å². The molecular weight excluding hydrogens is 364 g/mol. The summed E-state index contributed by atoms with van der Waals surface area (Å²) in [5, 5.41) is 10.4. The molecule has 1 aliphatic heterocycles. The Morgan fingerprint density at radius 1 is 1.48 bits per heavy atom. The molecule has 1 amide bonds. The zero-order chi connectivity index (χ0) is 17.6. The van der Waals surface area contributed by atoms with Gasteiger partial charge in [0.1, 0.15) is 0 Å². The van der Waals surface area contributed by atoms with E-state index < -0.39 is 0 Å². The number of rotatable bonds is 7. The van der Waals surface area contributed by atoms with Gasteiger partial charge in [-0.3, -0.25) is 9.36 Å². The minimum absolute atomic E-state index is 0.0312. The van der Waals surface area contributed by atoms with Gasteiger partial charge in [0.15, 0.2) is 5.16 Å². The second-order valence-electron chi connectivity index (χ2n) is 5.71. The van der Waals surface area contributed by atoms with Crippen molar-refractivity contribution in [2.75, 3.05) is 12.4 Å². The van der Waals surface area contributed by atoms with Crippen LogP contribution in [0.25, 0.3) is 0 Å². The highest BCUT2D eigenvalue weighted by Crippen LogP contribution is 2.18. The summed E-state index contributed by atoms with van der Waals surface area (Å²) in [5.74, 6) is 0.0179. The molecule has 2 N–H and O–H groups in total. The summed E-state index contributed by atoms with van der Waals surface area (Å²) >= 11 is 7.28. The average Bonchev–Trinajstić information content (AvgIpc) is 3.24. The van der Waals surface area contributed by atoms with Crippen LogP contribution in [-0.2, 0) is 22.6 Å². The molecule has 0 saturated carbocycles. The molecule has 1 saturated heterocycles. The van der Waals surface area contributed by atoms with Crippen molar-refractivity contribution in [1.29, 1.82) is 0 Å². The zero-order valence-electron chi connectivity index (χ0n) is 13.5. The van der Waals surface area contributed by atoms with Crippen LogP contribution in [0.15, 0.2) is 34.2 Å². The van der Waals surface area contributed by atoms with Crippen LogP contribution in [0.5, 0.6) is 0 Å². The molecule has 134 valence electrons. The summed E-state index contributed by atoms with van der Waals surface area (Å²) in [5.41, 5.74) is 0.576. The first-order valence-corrected chi connectivity index (χ1v) is 9.39. The molecule has 1 aliphatic rings. The van der Waals surface area contributed by atoms with Gasteiger partial charge in [-0.15, -0.1) is 5.10 Å². The lowest BCUT2D eigenvalue weighted by atomic mass is 10.2. The first-order chi connectivity index (χ1) is 12.1. The average molecular weight is 383 g/mol. The summed E-state index contributed by atoms with van der Waals surface area (Å²) in [4.78, 5) is 23.9. The van der Waals surface area contributed by atoms with Gasteiger partial charge in [-0.25, -0.2) is 9.89 Å². The zero-order valence-corrected chi connectivity index (χ0v) is 15.1. The van der Waals surface area contributed by atoms with E-state index in [0.29, 0.717) is 23.3 Å². The SMILES string of the molecule is O=C(CSc1n[nH]c(=O)n1C[C@@H]1CCCO1)NCc1ccccc1Cl.